The van der Waals surface area contributed by atoms with Gasteiger partial charge in [-0.25, -0.2) is 0 Å². The Kier molecular flexibility index (Phi) is 8.97. The molecule has 2 aromatic carbocycles. The van der Waals surface area contributed by atoms with Crippen molar-refractivity contribution >= 4 is 0 Å². The standard InChI is InChI=1S/C34H55NO2/c1-22(2)21-35(36-29-25(31(5,6)7)17-23(3)18-26(29)32(8,9)10)37-30-27(33(11,12)13)19-24(4)20-28(30)34(14,15)16/h17-20,22H,21H2,1-16H3/p+1. The van der Waals surface area contributed by atoms with Crippen molar-refractivity contribution in [3.8, 4) is 11.5 Å². The van der Waals surface area contributed by atoms with Gasteiger partial charge >= 0.3 is 0 Å². The molecule has 0 atom stereocenters. The molecule has 0 aliphatic rings. The molecule has 0 fully saturated rings. The third kappa shape index (κ3) is 7.99. The van der Waals surface area contributed by atoms with E-state index in [-0.39, 0.29) is 21.7 Å². The summed E-state index contributed by atoms with van der Waals surface area (Å²) in [6.45, 7) is 36.7. The van der Waals surface area contributed by atoms with Crippen LogP contribution in [0.2, 0.25) is 0 Å². The highest BCUT2D eigenvalue weighted by molar-refractivity contribution is 5.51. The zero-order chi connectivity index (χ0) is 28.7. The largest absolute Gasteiger partial charge is 0.272 e. The van der Waals surface area contributed by atoms with Crippen LogP contribution in [0.5, 0.6) is 11.5 Å². The topological polar surface area (TPSA) is 22.9 Å². The first-order chi connectivity index (χ1) is 16.5. The summed E-state index contributed by atoms with van der Waals surface area (Å²) >= 11 is 0. The lowest BCUT2D eigenvalue weighted by atomic mass is 9.78. The number of hydroxylamine groups is 2. The van der Waals surface area contributed by atoms with E-state index in [0.29, 0.717) is 11.1 Å². The molecule has 3 heteroatoms. The average molecular weight is 511 g/mol. The summed E-state index contributed by atoms with van der Waals surface area (Å²) in [5.41, 5.74) is 7.13. The summed E-state index contributed by atoms with van der Waals surface area (Å²) in [7, 11) is 0. The van der Waals surface area contributed by atoms with Crippen molar-refractivity contribution in [2.24, 2.45) is 5.92 Å². The maximum Gasteiger partial charge on any atom is 0.203 e. The molecule has 0 bridgehead atoms. The summed E-state index contributed by atoms with van der Waals surface area (Å²) in [6, 6.07) is 9.13. The Hall–Kier alpha value is -2.00. The molecule has 37 heavy (non-hydrogen) atoms. The number of hydrogen-bond donors (Lipinski definition) is 1. The molecule has 0 radical (unpaired) electrons. The molecule has 3 nitrogen and oxygen atoms in total. The van der Waals surface area contributed by atoms with Crippen molar-refractivity contribution in [1.29, 1.82) is 0 Å². The van der Waals surface area contributed by atoms with Crippen LogP contribution in [0.3, 0.4) is 0 Å². The van der Waals surface area contributed by atoms with Crippen molar-refractivity contribution in [3.05, 3.63) is 57.6 Å². The van der Waals surface area contributed by atoms with Crippen LogP contribution in [0.15, 0.2) is 24.3 Å². The highest BCUT2D eigenvalue weighted by Crippen LogP contribution is 2.42. The lowest BCUT2D eigenvalue weighted by molar-refractivity contribution is -1.20. The van der Waals surface area contributed by atoms with Gasteiger partial charge in [-0.15, -0.1) is 0 Å². The predicted molar refractivity (Wildman–Crippen MR) is 159 cm³/mol. The first-order valence-corrected chi connectivity index (χ1v) is 14.0. The van der Waals surface area contributed by atoms with Gasteiger partial charge in [-0.1, -0.05) is 132 Å². The molecule has 0 amide bonds. The number of nitrogens with one attached hydrogen (secondary N) is 1. The first-order valence-electron chi connectivity index (χ1n) is 14.0. The second-order valence-electron chi connectivity index (χ2n) is 15.6. The molecular weight excluding hydrogens is 454 g/mol. The van der Waals surface area contributed by atoms with Crippen molar-refractivity contribution in [3.63, 3.8) is 0 Å². The van der Waals surface area contributed by atoms with E-state index in [2.05, 4.69) is 135 Å². The van der Waals surface area contributed by atoms with Crippen LogP contribution in [-0.2, 0) is 21.7 Å². The Morgan fingerprint density at radius 3 is 0.973 bits per heavy atom. The number of rotatable bonds is 6. The van der Waals surface area contributed by atoms with Gasteiger partial charge in [0.2, 0.25) is 11.5 Å². The highest BCUT2D eigenvalue weighted by Gasteiger charge is 2.34. The van der Waals surface area contributed by atoms with E-state index in [1.807, 2.05) is 0 Å². The summed E-state index contributed by atoms with van der Waals surface area (Å²) < 4.78 is 0. The Bertz CT molecular complexity index is 929. The molecule has 0 spiro atoms. The summed E-state index contributed by atoms with van der Waals surface area (Å²) in [5.74, 6) is 2.28. The molecule has 1 N–H and O–H groups in total. The quantitative estimate of drug-likeness (QED) is 0.395. The fourth-order valence-corrected chi connectivity index (χ4v) is 4.66. The van der Waals surface area contributed by atoms with Crippen molar-refractivity contribution in [1.82, 2.24) is 0 Å². The van der Waals surface area contributed by atoms with Gasteiger partial charge in [0.15, 0.2) is 6.54 Å². The number of hydrogen-bond acceptors (Lipinski definition) is 2. The van der Waals surface area contributed by atoms with Gasteiger partial charge in [0.1, 0.15) is 0 Å². The molecule has 0 unspecified atom stereocenters. The van der Waals surface area contributed by atoms with Gasteiger partial charge in [-0.2, -0.15) is 0 Å². The Balaban J connectivity index is 2.80. The zero-order valence-corrected chi connectivity index (χ0v) is 26.9. The molecular formula is C34H56NO2+. The Morgan fingerprint density at radius 1 is 0.541 bits per heavy atom. The van der Waals surface area contributed by atoms with E-state index in [9.17, 15) is 0 Å². The minimum atomic E-state index is -0.0682. The minimum absolute atomic E-state index is 0.0682. The van der Waals surface area contributed by atoms with Crippen LogP contribution in [0.4, 0.5) is 0 Å². The van der Waals surface area contributed by atoms with Crippen LogP contribution in [0, 0.1) is 19.8 Å². The summed E-state index contributed by atoms with van der Waals surface area (Å²) in [6.07, 6.45) is 0. The second kappa shape index (κ2) is 10.6. The molecule has 0 aliphatic carbocycles. The summed E-state index contributed by atoms with van der Waals surface area (Å²) in [5, 5.41) is 0.676. The normalized spacial score (nSPS) is 13.5. The maximum atomic E-state index is 6.96. The molecule has 0 aliphatic heterocycles. The van der Waals surface area contributed by atoms with Crippen LogP contribution in [-0.4, -0.2) is 6.54 Å². The molecule has 2 aromatic rings. The molecule has 0 saturated heterocycles. The van der Waals surface area contributed by atoms with Crippen LogP contribution in [0.25, 0.3) is 0 Å². The fourth-order valence-electron chi connectivity index (χ4n) is 4.66. The molecule has 0 saturated carbocycles. The molecule has 0 heterocycles. The Labute approximate surface area is 228 Å². The van der Waals surface area contributed by atoms with Gasteiger partial charge in [0, 0.05) is 33.4 Å². The van der Waals surface area contributed by atoms with E-state index in [0.717, 1.165) is 18.0 Å². The van der Waals surface area contributed by atoms with Gasteiger partial charge < -0.3 is 0 Å². The first kappa shape index (κ1) is 31.2. The third-order valence-electron chi connectivity index (χ3n) is 6.71. The molecule has 2 rings (SSSR count). The SMILES string of the molecule is Cc1cc(C(C)(C)C)c(O[NH+](CC(C)C)Oc2c(C(C)(C)C)cc(C)cc2C(C)(C)C)c(C(C)(C)C)c1. The average Bonchev–Trinajstić information content (AvgIpc) is 2.66. The van der Waals surface area contributed by atoms with E-state index < -0.39 is 0 Å². The smallest absolute Gasteiger partial charge is 0.203 e. The van der Waals surface area contributed by atoms with Crippen LogP contribution < -0.4 is 14.9 Å². The molecule has 0 aromatic heterocycles. The Morgan fingerprint density at radius 2 is 0.784 bits per heavy atom. The van der Waals surface area contributed by atoms with E-state index >= 15 is 0 Å². The lowest BCUT2D eigenvalue weighted by Gasteiger charge is -2.33. The van der Waals surface area contributed by atoms with E-state index in [1.165, 1.54) is 33.4 Å². The minimum Gasteiger partial charge on any atom is -0.272 e. The fraction of sp³-hybridized carbons (Fsp3) is 0.647. The zero-order valence-electron chi connectivity index (χ0n) is 26.9. The molecule has 208 valence electrons. The highest BCUT2D eigenvalue weighted by atomic mass is 16.9. The predicted octanol–water partition coefficient (Wildman–Crippen LogP) is 8.32. The van der Waals surface area contributed by atoms with Crippen molar-refractivity contribution in [2.45, 2.75) is 132 Å². The number of aryl methyl sites for hydroxylation is 2. The van der Waals surface area contributed by atoms with Crippen LogP contribution >= 0.6 is 0 Å². The second-order valence-corrected chi connectivity index (χ2v) is 15.6. The van der Waals surface area contributed by atoms with Gasteiger partial charge in [0.25, 0.3) is 0 Å². The monoisotopic (exact) mass is 510 g/mol. The van der Waals surface area contributed by atoms with Gasteiger partial charge in [0.05, 0.1) is 0 Å². The van der Waals surface area contributed by atoms with Crippen LogP contribution in [0.1, 0.15) is 130 Å². The summed E-state index contributed by atoms with van der Waals surface area (Å²) in [4.78, 5) is 13.9. The van der Waals surface area contributed by atoms with Crippen molar-refractivity contribution < 1.29 is 14.9 Å². The van der Waals surface area contributed by atoms with E-state index in [1.54, 1.807) is 0 Å². The van der Waals surface area contributed by atoms with Crippen molar-refractivity contribution in [2.75, 3.05) is 6.54 Å². The third-order valence-corrected chi connectivity index (χ3v) is 6.71. The number of quaternary nitrogens is 1. The lowest BCUT2D eigenvalue weighted by Crippen LogP contribution is -3.16. The van der Waals surface area contributed by atoms with Gasteiger partial charge in [-0.05, 0) is 35.5 Å². The van der Waals surface area contributed by atoms with E-state index in [4.69, 9.17) is 9.68 Å². The maximum absolute atomic E-state index is 6.96. The van der Waals surface area contributed by atoms with Gasteiger partial charge in [-0.3, -0.25) is 9.68 Å². The number of benzene rings is 2.